The average Bonchev–Trinajstić information content (AvgIpc) is 2.51. The molecule has 104 valence electrons. The van der Waals surface area contributed by atoms with Crippen molar-refractivity contribution in [2.24, 2.45) is 5.92 Å². The van der Waals surface area contributed by atoms with Crippen LogP contribution in [0.4, 0.5) is 0 Å². The number of benzene rings is 1. The lowest BCUT2D eigenvalue weighted by molar-refractivity contribution is 0.104. The van der Waals surface area contributed by atoms with Crippen LogP contribution in [0.1, 0.15) is 37.2 Å². The molecule has 1 saturated heterocycles. The van der Waals surface area contributed by atoms with Gasteiger partial charge in [-0.2, -0.15) is 0 Å². The van der Waals surface area contributed by atoms with Crippen molar-refractivity contribution in [3.05, 3.63) is 54.4 Å². The molecule has 0 radical (unpaired) electrons. The molecule has 0 bridgehead atoms. The fourth-order valence-corrected chi connectivity index (χ4v) is 2.89. The number of nitrogens with zero attached hydrogens (tertiary/aromatic N) is 4. The number of hydrogen-bond donors (Lipinski definition) is 0. The Labute approximate surface area is 119 Å². The molecule has 2 heterocycles. The minimum absolute atomic E-state index is 0.307. The van der Waals surface area contributed by atoms with Gasteiger partial charge in [-0.25, -0.2) is 15.0 Å². The molecule has 1 aliphatic heterocycles. The van der Waals surface area contributed by atoms with E-state index in [2.05, 4.69) is 57.1 Å². The topological polar surface area (TPSA) is 41.9 Å². The largest absolute Gasteiger partial charge is 0.289 e. The molecule has 0 amide bonds. The van der Waals surface area contributed by atoms with Crippen molar-refractivity contribution in [1.29, 1.82) is 0 Å². The summed E-state index contributed by atoms with van der Waals surface area (Å²) in [6.45, 7) is 4.38. The van der Waals surface area contributed by atoms with Crippen LogP contribution >= 0.6 is 0 Å². The van der Waals surface area contributed by atoms with Gasteiger partial charge in [-0.3, -0.25) is 4.90 Å². The van der Waals surface area contributed by atoms with Crippen LogP contribution < -0.4 is 0 Å². The highest BCUT2D eigenvalue weighted by molar-refractivity contribution is 5.15. The van der Waals surface area contributed by atoms with Gasteiger partial charge in [0, 0.05) is 6.54 Å². The molecule has 0 saturated carbocycles. The Morgan fingerprint density at radius 3 is 2.65 bits per heavy atom. The van der Waals surface area contributed by atoms with Gasteiger partial charge in [-0.15, -0.1) is 0 Å². The standard InChI is InChI=1S/C16H20N4/c1-13-7-8-20(10-14-5-3-2-4-6-14)15(9-13)16-18-11-17-12-19-16/h2-6,11-13,15H,7-10H2,1H3. The van der Waals surface area contributed by atoms with E-state index in [9.17, 15) is 0 Å². The van der Waals surface area contributed by atoms with Crippen LogP contribution in [0.15, 0.2) is 43.0 Å². The van der Waals surface area contributed by atoms with Crippen LogP contribution in [0.5, 0.6) is 0 Å². The van der Waals surface area contributed by atoms with E-state index in [0.717, 1.165) is 31.3 Å². The summed E-state index contributed by atoms with van der Waals surface area (Å²) in [6.07, 6.45) is 5.57. The molecule has 2 atom stereocenters. The second-order valence-electron chi connectivity index (χ2n) is 5.60. The summed E-state index contributed by atoms with van der Waals surface area (Å²) in [4.78, 5) is 15.1. The van der Waals surface area contributed by atoms with Gasteiger partial charge in [-0.05, 0) is 30.9 Å². The van der Waals surface area contributed by atoms with Crippen molar-refractivity contribution in [1.82, 2.24) is 19.9 Å². The molecule has 1 aromatic heterocycles. The van der Waals surface area contributed by atoms with Gasteiger partial charge < -0.3 is 0 Å². The van der Waals surface area contributed by atoms with Crippen molar-refractivity contribution in [2.45, 2.75) is 32.4 Å². The molecule has 2 unspecified atom stereocenters. The van der Waals surface area contributed by atoms with E-state index in [0.29, 0.717) is 6.04 Å². The van der Waals surface area contributed by atoms with Gasteiger partial charge in [0.15, 0.2) is 0 Å². The van der Waals surface area contributed by atoms with Crippen molar-refractivity contribution in [2.75, 3.05) is 6.54 Å². The summed E-state index contributed by atoms with van der Waals surface area (Å²) in [6, 6.07) is 10.9. The Balaban J connectivity index is 1.80. The van der Waals surface area contributed by atoms with E-state index in [1.165, 1.54) is 12.0 Å². The van der Waals surface area contributed by atoms with Crippen LogP contribution in [0, 0.1) is 5.92 Å². The first-order valence-corrected chi connectivity index (χ1v) is 7.23. The van der Waals surface area contributed by atoms with Gasteiger partial charge in [0.05, 0.1) is 6.04 Å². The minimum atomic E-state index is 0.307. The van der Waals surface area contributed by atoms with Crippen LogP contribution in [0.3, 0.4) is 0 Å². The van der Waals surface area contributed by atoms with Gasteiger partial charge in [0.25, 0.3) is 0 Å². The Morgan fingerprint density at radius 1 is 1.15 bits per heavy atom. The lowest BCUT2D eigenvalue weighted by Crippen LogP contribution is -2.36. The van der Waals surface area contributed by atoms with Crippen LogP contribution in [0.25, 0.3) is 0 Å². The first-order chi connectivity index (χ1) is 9.83. The third kappa shape index (κ3) is 3.02. The number of likely N-dealkylation sites (tertiary alicyclic amines) is 1. The van der Waals surface area contributed by atoms with Crippen LogP contribution in [-0.2, 0) is 6.54 Å². The van der Waals surface area contributed by atoms with E-state index < -0.39 is 0 Å². The van der Waals surface area contributed by atoms with Gasteiger partial charge in [-0.1, -0.05) is 37.3 Å². The SMILES string of the molecule is CC1CCN(Cc2ccccc2)C(c2ncncn2)C1. The zero-order chi connectivity index (χ0) is 13.8. The quantitative estimate of drug-likeness (QED) is 0.858. The fourth-order valence-electron chi connectivity index (χ4n) is 2.89. The zero-order valence-corrected chi connectivity index (χ0v) is 11.8. The Kier molecular flexibility index (Phi) is 4.02. The molecular weight excluding hydrogens is 248 g/mol. The first kappa shape index (κ1) is 13.2. The smallest absolute Gasteiger partial charge is 0.149 e. The molecule has 0 N–H and O–H groups in total. The molecule has 1 aliphatic rings. The molecule has 1 fully saturated rings. The molecule has 1 aromatic carbocycles. The van der Waals surface area contributed by atoms with Crippen molar-refractivity contribution in [3.8, 4) is 0 Å². The lowest BCUT2D eigenvalue weighted by Gasteiger charge is -2.37. The molecule has 4 nitrogen and oxygen atoms in total. The molecule has 4 heteroatoms. The first-order valence-electron chi connectivity index (χ1n) is 7.23. The third-order valence-corrected chi connectivity index (χ3v) is 4.02. The van der Waals surface area contributed by atoms with E-state index in [1.807, 2.05) is 0 Å². The van der Waals surface area contributed by atoms with E-state index in [-0.39, 0.29) is 0 Å². The highest BCUT2D eigenvalue weighted by Crippen LogP contribution is 2.33. The van der Waals surface area contributed by atoms with Gasteiger partial charge in [0.2, 0.25) is 0 Å². The minimum Gasteiger partial charge on any atom is -0.289 e. The van der Waals surface area contributed by atoms with Crippen LogP contribution in [-0.4, -0.2) is 26.4 Å². The van der Waals surface area contributed by atoms with Gasteiger partial charge in [0.1, 0.15) is 18.5 Å². The molecule has 0 aliphatic carbocycles. The van der Waals surface area contributed by atoms with E-state index >= 15 is 0 Å². The van der Waals surface area contributed by atoms with Crippen molar-refractivity contribution >= 4 is 0 Å². The number of rotatable bonds is 3. The number of piperidine rings is 1. The Morgan fingerprint density at radius 2 is 1.90 bits per heavy atom. The molecule has 0 spiro atoms. The summed E-state index contributed by atoms with van der Waals surface area (Å²) < 4.78 is 0. The average molecular weight is 268 g/mol. The van der Waals surface area contributed by atoms with Crippen molar-refractivity contribution in [3.63, 3.8) is 0 Å². The van der Waals surface area contributed by atoms with Crippen LogP contribution in [0.2, 0.25) is 0 Å². The highest BCUT2D eigenvalue weighted by Gasteiger charge is 2.29. The molecule has 3 rings (SSSR count). The molecular formula is C16H20N4. The third-order valence-electron chi connectivity index (χ3n) is 4.02. The summed E-state index contributed by atoms with van der Waals surface area (Å²) in [7, 11) is 0. The second-order valence-corrected chi connectivity index (χ2v) is 5.60. The van der Waals surface area contributed by atoms with E-state index in [1.54, 1.807) is 12.7 Å². The maximum atomic E-state index is 4.36. The summed E-state index contributed by atoms with van der Waals surface area (Å²) >= 11 is 0. The predicted octanol–water partition coefficient (Wildman–Crippen LogP) is 2.84. The monoisotopic (exact) mass is 268 g/mol. The highest BCUT2D eigenvalue weighted by atomic mass is 15.2. The fraction of sp³-hybridized carbons (Fsp3) is 0.438. The van der Waals surface area contributed by atoms with Gasteiger partial charge >= 0.3 is 0 Å². The summed E-state index contributed by atoms with van der Waals surface area (Å²) in [5, 5.41) is 0. The predicted molar refractivity (Wildman–Crippen MR) is 77.8 cm³/mol. The Bertz CT molecular complexity index is 529. The maximum Gasteiger partial charge on any atom is 0.149 e. The Hall–Kier alpha value is -1.81. The normalized spacial score (nSPS) is 23.6. The second kappa shape index (κ2) is 6.09. The summed E-state index contributed by atoms with van der Waals surface area (Å²) in [5.41, 5.74) is 1.35. The zero-order valence-electron chi connectivity index (χ0n) is 11.8. The van der Waals surface area contributed by atoms with E-state index in [4.69, 9.17) is 0 Å². The maximum absolute atomic E-state index is 4.36. The summed E-state index contributed by atoms with van der Waals surface area (Å²) in [5.74, 6) is 1.63. The van der Waals surface area contributed by atoms with Crippen molar-refractivity contribution < 1.29 is 0 Å². The molecule has 2 aromatic rings. The number of aromatic nitrogens is 3. The molecule has 20 heavy (non-hydrogen) atoms. The lowest BCUT2D eigenvalue weighted by atomic mass is 9.91. The number of hydrogen-bond acceptors (Lipinski definition) is 4.